The number of alkyl carbamates (subject to hydrolysis) is 1. The SMILES string of the molecule is COC(=O)c1cc(C#CCNC(=O)OC(C)(C)C)c(N)cc1OC. The van der Waals surface area contributed by atoms with Crippen molar-refractivity contribution in [3.63, 3.8) is 0 Å². The average Bonchev–Trinajstić information content (AvgIpc) is 2.49. The van der Waals surface area contributed by atoms with Crippen molar-refractivity contribution in [2.24, 2.45) is 0 Å². The first kappa shape index (κ1) is 19.2. The number of anilines is 1. The van der Waals surface area contributed by atoms with Crippen molar-refractivity contribution in [3.8, 4) is 17.6 Å². The van der Waals surface area contributed by atoms with Crippen LogP contribution in [0.1, 0.15) is 36.7 Å². The monoisotopic (exact) mass is 334 g/mol. The number of methoxy groups -OCH3 is 2. The van der Waals surface area contributed by atoms with E-state index in [1.807, 2.05) is 0 Å². The van der Waals surface area contributed by atoms with E-state index in [0.717, 1.165) is 0 Å². The predicted molar refractivity (Wildman–Crippen MR) is 89.9 cm³/mol. The van der Waals surface area contributed by atoms with E-state index in [2.05, 4.69) is 17.2 Å². The lowest BCUT2D eigenvalue weighted by Crippen LogP contribution is -2.32. The van der Waals surface area contributed by atoms with Crippen LogP contribution in [0.25, 0.3) is 0 Å². The minimum atomic E-state index is -0.576. The number of benzene rings is 1. The van der Waals surface area contributed by atoms with Gasteiger partial charge in [0.1, 0.15) is 16.9 Å². The molecule has 0 aliphatic rings. The highest BCUT2D eigenvalue weighted by Crippen LogP contribution is 2.25. The van der Waals surface area contributed by atoms with Gasteiger partial charge in [0.2, 0.25) is 0 Å². The van der Waals surface area contributed by atoms with E-state index >= 15 is 0 Å². The molecule has 0 atom stereocenters. The number of hydrogen-bond acceptors (Lipinski definition) is 6. The van der Waals surface area contributed by atoms with Crippen LogP contribution in [0.15, 0.2) is 12.1 Å². The Morgan fingerprint density at radius 2 is 1.92 bits per heavy atom. The van der Waals surface area contributed by atoms with Gasteiger partial charge in [-0.2, -0.15) is 0 Å². The van der Waals surface area contributed by atoms with Crippen LogP contribution in [0.3, 0.4) is 0 Å². The van der Waals surface area contributed by atoms with Gasteiger partial charge in [-0.1, -0.05) is 11.8 Å². The fourth-order valence-corrected chi connectivity index (χ4v) is 1.71. The molecule has 0 heterocycles. The highest BCUT2D eigenvalue weighted by atomic mass is 16.6. The summed E-state index contributed by atoms with van der Waals surface area (Å²) in [6, 6.07) is 2.98. The maximum Gasteiger partial charge on any atom is 0.408 e. The molecule has 0 aliphatic heterocycles. The van der Waals surface area contributed by atoms with Crippen molar-refractivity contribution in [1.82, 2.24) is 5.32 Å². The zero-order valence-electron chi connectivity index (χ0n) is 14.5. The summed E-state index contributed by atoms with van der Waals surface area (Å²) in [7, 11) is 2.70. The van der Waals surface area contributed by atoms with E-state index in [0.29, 0.717) is 17.0 Å². The summed E-state index contributed by atoms with van der Waals surface area (Å²) in [6.45, 7) is 5.38. The molecule has 1 amide bonds. The molecular formula is C17H22N2O5. The Morgan fingerprint density at radius 3 is 2.46 bits per heavy atom. The molecule has 0 aliphatic carbocycles. The number of amides is 1. The molecule has 130 valence electrons. The van der Waals surface area contributed by atoms with E-state index in [4.69, 9.17) is 19.9 Å². The van der Waals surface area contributed by atoms with Gasteiger partial charge in [-0.25, -0.2) is 9.59 Å². The van der Waals surface area contributed by atoms with E-state index in [-0.39, 0.29) is 12.1 Å². The lowest BCUT2D eigenvalue weighted by molar-refractivity contribution is 0.0533. The summed E-state index contributed by atoms with van der Waals surface area (Å²) < 4.78 is 14.9. The number of rotatable bonds is 3. The number of carbonyl (C=O) groups excluding carboxylic acids is 2. The zero-order valence-corrected chi connectivity index (χ0v) is 14.5. The fourth-order valence-electron chi connectivity index (χ4n) is 1.71. The summed E-state index contributed by atoms with van der Waals surface area (Å²) in [5, 5.41) is 2.51. The van der Waals surface area contributed by atoms with E-state index in [1.54, 1.807) is 20.8 Å². The summed E-state index contributed by atoms with van der Waals surface area (Å²) >= 11 is 0. The Hall–Kier alpha value is -2.88. The molecule has 0 bridgehead atoms. The molecule has 1 aromatic rings. The summed E-state index contributed by atoms with van der Waals surface area (Å²) in [6.07, 6.45) is -0.560. The molecule has 0 aromatic heterocycles. The molecule has 0 unspecified atom stereocenters. The quantitative estimate of drug-likeness (QED) is 0.498. The van der Waals surface area contributed by atoms with Gasteiger partial charge in [-0.3, -0.25) is 0 Å². The van der Waals surface area contributed by atoms with Crippen LogP contribution in [-0.4, -0.2) is 38.4 Å². The Labute approximate surface area is 141 Å². The molecule has 0 saturated heterocycles. The largest absolute Gasteiger partial charge is 0.496 e. The maximum atomic E-state index is 11.7. The van der Waals surface area contributed by atoms with Gasteiger partial charge in [0.15, 0.2) is 0 Å². The summed E-state index contributed by atoms with van der Waals surface area (Å²) in [5.74, 6) is 5.29. The second-order valence-corrected chi connectivity index (χ2v) is 5.79. The molecule has 7 heteroatoms. The minimum Gasteiger partial charge on any atom is -0.496 e. The highest BCUT2D eigenvalue weighted by Gasteiger charge is 2.16. The first-order chi connectivity index (χ1) is 11.2. The third-order valence-electron chi connectivity index (χ3n) is 2.72. The number of ether oxygens (including phenoxy) is 3. The molecule has 0 fully saturated rings. The van der Waals surface area contributed by atoms with Crippen LogP contribution in [0.5, 0.6) is 5.75 Å². The fraction of sp³-hybridized carbons (Fsp3) is 0.412. The van der Waals surface area contributed by atoms with Crippen molar-refractivity contribution in [1.29, 1.82) is 0 Å². The van der Waals surface area contributed by atoms with Crippen molar-refractivity contribution in [2.75, 3.05) is 26.5 Å². The highest BCUT2D eigenvalue weighted by molar-refractivity contribution is 5.94. The number of carbonyl (C=O) groups is 2. The molecule has 1 rings (SSSR count). The first-order valence-corrected chi connectivity index (χ1v) is 7.19. The Kier molecular flexibility index (Phi) is 6.48. The third-order valence-corrected chi connectivity index (χ3v) is 2.72. The van der Waals surface area contributed by atoms with Gasteiger partial charge in [-0.15, -0.1) is 0 Å². The van der Waals surface area contributed by atoms with Crippen LogP contribution in [0, 0.1) is 11.8 Å². The second-order valence-electron chi connectivity index (χ2n) is 5.79. The van der Waals surface area contributed by atoms with Gasteiger partial charge in [0.05, 0.1) is 26.5 Å². The van der Waals surface area contributed by atoms with Gasteiger partial charge < -0.3 is 25.3 Å². The number of nitrogens with two attached hydrogens (primary N) is 1. The number of esters is 1. The first-order valence-electron chi connectivity index (χ1n) is 7.19. The Morgan fingerprint density at radius 1 is 1.25 bits per heavy atom. The van der Waals surface area contributed by atoms with E-state index in [9.17, 15) is 9.59 Å². The number of nitrogen functional groups attached to an aromatic ring is 1. The van der Waals surface area contributed by atoms with Gasteiger partial charge in [0, 0.05) is 11.6 Å². The molecule has 7 nitrogen and oxygen atoms in total. The van der Waals surface area contributed by atoms with Gasteiger partial charge >= 0.3 is 12.1 Å². The van der Waals surface area contributed by atoms with Crippen molar-refractivity contribution in [3.05, 3.63) is 23.3 Å². The third kappa shape index (κ3) is 5.72. The van der Waals surface area contributed by atoms with Crippen molar-refractivity contribution >= 4 is 17.7 Å². The summed E-state index contributed by atoms with van der Waals surface area (Å²) in [5.41, 5.74) is 6.31. The summed E-state index contributed by atoms with van der Waals surface area (Å²) in [4.78, 5) is 23.2. The lowest BCUT2D eigenvalue weighted by atomic mass is 10.1. The van der Waals surface area contributed by atoms with Crippen molar-refractivity contribution < 1.29 is 23.8 Å². The topological polar surface area (TPSA) is 99.9 Å². The van der Waals surface area contributed by atoms with E-state index < -0.39 is 17.7 Å². The van der Waals surface area contributed by atoms with Gasteiger partial charge in [0.25, 0.3) is 0 Å². The van der Waals surface area contributed by atoms with Crippen LogP contribution in [0.2, 0.25) is 0 Å². The van der Waals surface area contributed by atoms with Crippen molar-refractivity contribution in [2.45, 2.75) is 26.4 Å². The minimum absolute atomic E-state index is 0.0773. The van der Waals surface area contributed by atoms with Gasteiger partial charge in [-0.05, 0) is 26.8 Å². The number of hydrogen-bond donors (Lipinski definition) is 2. The Bertz CT molecular complexity index is 681. The number of nitrogens with one attached hydrogen (secondary N) is 1. The normalized spacial score (nSPS) is 10.2. The molecule has 1 aromatic carbocycles. The average molecular weight is 334 g/mol. The molecule has 3 N–H and O–H groups in total. The smallest absolute Gasteiger partial charge is 0.408 e. The van der Waals surface area contributed by atoms with E-state index in [1.165, 1.54) is 26.4 Å². The maximum absolute atomic E-state index is 11.7. The molecule has 0 spiro atoms. The zero-order chi connectivity index (χ0) is 18.3. The molecule has 0 radical (unpaired) electrons. The van der Waals surface area contributed by atoms with Crippen LogP contribution < -0.4 is 15.8 Å². The van der Waals surface area contributed by atoms with Crippen LogP contribution in [0.4, 0.5) is 10.5 Å². The van der Waals surface area contributed by atoms with Crippen LogP contribution >= 0.6 is 0 Å². The molecular weight excluding hydrogens is 312 g/mol. The van der Waals surface area contributed by atoms with Crippen LogP contribution in [-0.2, 0) is 9.47 Å². The molecule has 24 heavy (non-hydrogen) atoms. The second kappa shape index (κ2) is 8.11. The Balaban J connectivity index is 2.86. The standard InChI is InChI=1S/C17H22N2O5/c1-17(2,3)24-16(21)19-8-6-7-11-9-12(15(20)23-5)14(22-4)10-13(11)18/h9-10H,8,18H2,1-5H3,(H,19,21). The molecule has 0 saturated carbocycles. The predicted octanol–water partition coefficient (Wildman–Crippen LogP) is 1.94. The lowest BCUT2D eigenvalue weighted by Gasteiger charge is -2.19.